The molecule has 0 aromatic heterocycles. The first-order valence-electron chi connectivity index (χ1n) is 6.63. The van der Waals surface area contributed by atoms with Gasteiger partial charge in [-0.25, -0.2) is 0 Å². The number of hydrogen-bond donors (Lipinski definition) is 1. The molecule has 1 aromatic carbocycles. The molecule has 0 atom stereocenters. The molecule has 0 radical (unpaired) electrons. The van der Waals surface area contributed by atoms with E-state index in [4.69, 9.17) is 4.74 Å². The lowest BCUT2D eigenvalue weighted by Crippen LogP contribution is -2.59. The van der Waals surface area contributed by atoms with E-state index in [2.05, 4.69) is 19.2 Å². The minimum absolute atomic E-state index is 0.0947. The summed E-state index contributed by atoms with van der Waals surface area (Å²) in [6, 6.07) is 5.60. The van der Waals surface area contributed by atoms with Crippen LogP contribution in [0.25, 0.3) is 0 Å². The summed E-state index contributed by atoms with van der Waals surface area (Å²) in [5.74, 6) is 0.911. The molecular formula is C15H22N2O2. The first-order valence-corrected chi connectivity index (χ1v) is 6.63. The van der Waals surface area contributed by atoms with Gasteiger partial charge in [0, 0.05) is 25.2 Å². The van der Waals surface area contributed by atoms with Crippen molar-refractivity contribution in [1.82, 2.24) is 10.2 Å². The molecule has 1 N–H and O–H groups in total. The van der Waals surface area contributed by atoms with Gasteiger partial charge in [-0.2, -0.15) is 0 Å². The van der Waals surface area contributed by atoms with Crippen molar-refractivity contribution in [3.8, 4) is 5.75 Å². The molecule has 1 saturated heterocycles. The molecule has 0 bridgehead atoms. The number of rotatable bonds is 2. The monoisotopic (exact) mass is 262 g/mol. The van der Waals surface area contributed by atoms with E-state index in [1.54, 1.807) is 7.11 Å². The smallest absolute Gasteiger partial charge is 0.254 e. The van der Waals surface area contributed by atoms with Gasteiger partial charge in [0.1, 0.15) is 5.75 Å². The second-order valence-corrected chi connectivity index (χ2v) is 5.63. The van der Waals surface area contributed by atoms with Crippen LogP contribution in [0.2, 0.25) is 0 Å². The topological polar surface area (TPSA) is 41.6 Å². The predicted octanol–water partition coefficient (Wildman–Crippen LogP) is 1.83. The summed E-state index contributed by atoms with van der Waals surface area (Å²) in [6.45, 7) is 8.56. The van der Waals surface area contributed by atoms with Crippen LogP contribution >= 0.6 is 0 Å². The summed E-state index contributed by atoms with van der Waals surface area (Å²) in [6.07, 6.45) is 0. The van der Waals surface area contributed by atoms with E-state index < -0.39 is 0 Å². The van der Waals surface area contributed by atoms with Crippen LogP contribution in [0.5, 0.6) is 5.75 Å². The first-order chi connectivity index (χ1) is 8.95. The molecular weight excluding hydrogens is 240 g/mol. The third-order valence-electron chi connectivity index (χ3n) is 3.69. The summed E-state index contributed by atoms with van der Waals surface area (Å²) in [4.78, 5) is 14.6. The standard InChI is InChI=1S/C15H22N2O2/c1-11-9-12(5-6-13(11)19-4)14(18)17-8-7-16-10-15(17,2)3/h5-6,9,16H,7-8,10H2,1-4H3. The summed E-state index contributed by atoms with van der Waals surface area (Å²) in [5, 5.41) is 3.33. The van der Waals surface area contributed by atoms with Gasteiger partial charge in [-0.3, -0.25) is 4.79 Å². The fourth-order valence-corrected chi connectivity index (χ4v) is 2.53. The number of nitrogens with zero attached hydrogens (tertiary/aromatic N) is 1. The Bertz CT molecular complexity index is 483. The van der Waals surface area contributed by atoms with Crippen molar-refractivity contribution in [2.75, 3.05) is 26.7 Å². The molecule has 4 heteroatoms. The van der Waals surface area contributed by atoms with E-state index in [0.717, 1.165) is 36.5 Å². The highest BCUT2D eigenvalue weighted by molar-refractivity contribution is 5.95. The van der Waals surface area contributed by atoms with Crippen LogP contribution in [0.1, 0.15) is 29.8 Å². The first kappa shape index (κ1) is 13.9. The van der Waals surface area contributed by atoms with Crippen molar-refractivity contribution >= 4 is 5.91 Å². The molecule has 0 spiro atoms. The number of benzene rings is 1. The van der Waals surface area contributed by atoms with Crippen molar-refractivity contribution in [2.24, 2.45) is 0 Å². The van der Waals surface area contributed by atoms with Crippen LogP contribution in [0, 0.1) is 6.92 Å². The molecule has 1 fully saturated rings. The molecule has 1 aliphatic rings. The molecule has 19 heavy (non-hydrogen) atoms. The number of nitrogens with one attached hydrogen (secondary N) is 1. The third-order valence-corrected chi connectivity index (χ3v) is 3.69. The quantitative estimate of drug-likeness (QED) is 0.884. The molecule has 4 nitrogen and oxygen atoms in total. The summed E-state index contributed by atoms with van der Waals surface area (Å²) >= 11 is 0. The molecule has 0 unspecified atom stereocenters. The molecule has 104 valence electrons. The van der Waals surface area contributed by atoms with E-state index in [0.29, 0.717) is 0 Å². The molecule has 1 heterocycles. The molecule has 0 saturated carbocycles. The highest BCUT2D eigenvalue weighted by Crippen LogP contribution is 2.23. The van der Waals surface area contributed by atoms with Crippen molar-refractivity contribution in [2.45, 2.75) is 26.3 Å². The normalized spacial score (nSPS) is 18.2. The summed E-state index contributed by atoms with van der Waals surface area (Å²) in [5.41, 5.74) is 1.57. The number of amides is 1. The minimum Gasteiger partial charge on any atom is -0.496 e. The van der Waals surface area contributed by atoms with Crippen molar-refractivity contribution in [3.63, 3.8) is 0 Å². The van der Waals surface area contributed by atoms with E-state index in [1.165, 1.54) is 0 Å². The maximum Gasteiger partial charge on any atom is 0.254 e. The van der Waals surface area contributed by atoms with Crippen LogP contribution in [0.3, 0.4) is 0 Å². The largest absolute Gasteiger partial charge is 0.496 e. The lowest BCUT2D eigenvalue weighted by molar-refractivity contribution is 0.0477. The van der Waals surface area contributed by atoms with Gasteiger partial charge in [0.25, 0.3) is 5.91 Å². The minimum atomic E-state index is -0.150. The Labute approximate surface area is 114 Å². The van der Waals surface area contributed by atoms with Gasteiger partial charge >= 0.3 is 0 Å². The number of hydrogen-bond acceptors (Lipinski definition) is 3. The highest BCUT2D eigenvalue weighted by atomic mass is 16.5. The van der Waals surface area contributed by atoms with Crippen LogP contribution in [0.15, 0.2) is 18.2 Å². The summed E-state index contributed by atoms with van der Waals surface area (Å²) in [7, 11) is 1.64. The fraction of sp³-hybridized carbons (Fsp3) is 0.533. The Morgan fingerprint density at radius 3 is 2.74 bits per heavy atom. The van der Waals surface area contributed by atoms with E-state index >= 15 is 0 Å². The second-order valence-electron chi connectivity index (χ2n) is 5.63. The van der Waals surface area contributed by atoms with Gasteiger partial charge in [0.05, 0.1) is 12.6 Å². The van der Waals surface area contributed by atoms with Gasteiger partial charge in [-0.05, 0) is 44.5 Å². The Morgan fingerprint density at radius 2 is 2.16 bits per heavy atom. The number of aryl methyl sites for hydroxylation is 1. The Balaban J connectivity index is 2.26. The Kier molecular flexibility index (Phi) is 3.80. The van der Waals surface area contributed by atoms with Gasteiger partial charge in [-0.1, -0.05) is 0 Å². The fourth-order valence-electron chi connectivity index (χ4n) is 2.53. The molecule has 2 rings (SSSR count). The van der Waals surface area contributed by atoms with Crippen LogP contribution in [-0.4, -0.2) is 43.1 Å². The highest BCUT2D eigenvalue weighted by Gasteiger charge is 2.33. The lowest BCUT2D eigenvalue weighted by atomic mass is 9.98. The van der Waals surface area contributed by atoms with E-state index in [-0.39, 0.29) is 11.4 Å². The van der Waals surface area contributed by atoms with Crippen molar-refractivity contribution in [1.29, 1.82) is 0 Å². The van der Waals surface area contributed by atoms with Gasteiger partial charge in [0.2, 0.25) is 0 Å². The maximum absolute atomic E-state index is 12.6. The number of methoxy groups -OCH3 is 1. The van der Waals surface area contributed by atoms with Crippen LogP contribution < -0.4 is 10.1 Å². The molecule has 1 aromatic rings. The Morgan fingerprint density at radius 1 is 1.42 bits per heavy atom. The number of ether oxygens (including phenoxy) is 1. The SMILES string of the molecule is COc1ccc(C(=O)N2CCNCC2(C)C)cc1C. The molecule has 1 amide bonds. The van der Waals surface area contributed by atoms with Gasteiger partial charge in [-0.15, -0.1) is 0 Å². The lowest BCUT2D eigenvalue weighted by Gasteiger charge is -2.42. The number of piperazine rings is 1. The molecule has 0 aliphatic carbocycles. The van der Waals surface area contributed by atoms with Crippen molar-refractivity contribution < 1.29 is 9.53 Å². The van der Waals surface area contributed by atoms with E-state index in [9.17, 15) is 4.79 Å². The number of carbonyl (C=O) groups is 1. The maximum atomic E-state index is 12.6. The zero-order valence-corrected chi connectivity index (χ0v) is 12.1. The van der Waals surface area contributed by atoms with Gasteiger partial charge < -0.3 is 15.0 Å². The average Bonchev–Trinajstić information content (AvgIpc) is 2.37. The summed E-state index contributed by atoms with van der Waals surface area (Å²) < 4.78 is 5.23. The van der Waals surface area contributed by atoms with Gasteiger partial charge in [0.15, 0.2) is 0 Å². The predicted molar refractivity (Wildman–Crippen MR) is 75.7 cm³/mol. The average molecular weight is 262 g/mol. The second kappa shape index (κ2) is 5.21. The third kappa shape index (κ3) is 2.73. The Hall–Kier alpha value is -1.55. The molecule has 1 aliphatic heterocycles. The van der Waals surface area contributed by atoms with Crippen molar-refractivity contribution in [3.05, 3.63) is 29.3 Å². The number of carbonyl (C=O) groups excluding carboxylic acids is 1. The van der Waals surface area contributed by atoms with Crippen LogP contribution in [0.4, 0.5) is 0 Å². The van der Waals surface area contributed by atoms with E-state index in [1.807, 2.05) is 30.0 Å². The van der Waals surface area contributed by atoms with Crippen LogP contribution in [-0.2, 0) is 0 Å². The zero-order valence-electron chi connectivity index (χ0n) is 12.1. The zero-order chi connectivity index (χ0) is 14.0.